The van der Waals surface area contributed by atoms with Crippen LogP contribution in [0.1, 0.15) is 78.6 Å². The molecule has 1 heterocycles. The van der Waals surface area contributed by atoms with Gasteiger partial charge < -0.3 is 16.0 Å². The van der Waals surface area contributed by atoms with Gasteiger partial charge >= 0.3 is 0 Å². The van der Waals surface area contributed by atoms with Crippen molar-refractivity contribution in [2.45, 2.75) is 84.6 Å². The van der Waals surface area contributed by atoms with Crippen LogP contribution in [0.4, 0.5) is 0 Å². The summed E-state index contributed by atoms with van der Waals surface area (Å²) in [5, 5.41) is 3.19. The summed E-state index contributed by atoms with van der Waals surface area (Å²) in [6, 6.07) is -0.0799. The molecule has 1 aliphatic heterocycles. The first-order valence-electron chi connectivity index (χ1n) is 14.6. The third-order valence-corrected chi connectivity index (χ3v) is 6.71. The Morgan fingerprint density at radius 1 is 1.15 bits per heavy atom. The highest BCUT2D eigenvalue weighted by Crippen LogP contribution is 2.20. The average Bonchev–Trinajstić information content (AvgIpc) is 3.29. The van der Waals surface area contributed by atoms with Crippen LogP contribution in [0, 0.1) is 0 Å². The number of nitrogens with two attached hydrogens (primary N) is 1. The molecule has 0 radical (unpaired) electrons. The third-order valence-electron chi connectivity index (χ3n) is 6.71. The maximum absolute atomic E-state index is 5.97. The predicted octanol–water partition coefficient (Wildman–Crippen LogP) is 7.18. The van der Waals surface area contributed by atoms with Crippen molar-refractivity contribution in [3.8, 4) is 0 Å². The van der Waals surface area contributed by atoms with Gasteiger partial charge in [0.1, 0.15) is 0 Å². The van der Waals surface area contributed by atoms with Crippen molar-refractivity contribution in [3.63, 3.8) is 0 Å². The lowest BCUT2D eigenvalue weighted by Gasteiger charge is -2.20. The number of hydrogen-bond donors (Lipinski definition) is 2. The molecule has 1 atom stereocenters. The first kappa shape index (κ1) is 31.8. The van der Waals surface area contributed by atoms with Crippen molar-refractivity contribution in [3.05, 3.63) is 84.2 Å². The van der Waals surface area contributed by atoms with Gasteiger partial charge in [0.15, 0.2) is 5.96 Å². The van der Waals surface area contributed by atoms with E-state index in [0.29, 0.717) is 12.5 Å². The molecule has 0 amide bonds. The monoisotopic (exact) mass is 530 g/mol. The minimum absolute atomic E-state index is 0.0799. The Morgan fingerprint density at radius 2 is 2.00 bits per heavy atom. The average molecular weight is 531 g/mol. The van der Waals surface area contributed by atoms with Gasteiger partial charge in [-0.2, -0.15) is 0 Å². The zero-order valence-corrected chi connectivity index (χ0v) is 24.7. The van der Waals surface area contributed by atoms with E-state index in [1.165, 1.54) is 24.8 Å². The second-order valence-corrected chi connectivity index (χ2v) is 9.90. The number of unbranched alkanes of at least 4 members (excludes halogenated alkanes) is 4. The fourth-order valence-corrected chi connectivity index (χ4v) is 4.41. The Bertz CT molecular complexity index is 1050. The van der Waals surface area contributed by atoms with Crippen molar-refractivity contribution in [1.29, 1.82) is 0 Å². The molecule has 3 N–H and O–H groups in total. The smallest absolute Gasteiger partial charge is 0.221 e. The predicted molar refractivity (Wildman–Crippen MR) is 171 cm³/mol. The number of rotatable bonds is 15. The number of nitrogens with one attached hydrogen (secondary N) is 1. The summed E-state index contributed by atoms with van der Waals surface area (Å²) in [7, 11) is 2.12. The van der Waals surface area contributed by atoms with Gasteiger partial charge in [0, 0.05) is 31.5 Å². The van der Waals surface area contributed by atoms with Crippen LogP contribution >= 0.6 is 0 Å². The molecule has 0 spiro atoms. The summed E-state index contributed by atoms with van der Waals surface area (Å²) in [5.41, 5.74) is 10.5. The molecule has 39 heavy (non-hydrogen) atoms. The van der Waals surface area contributed by atoms with Crippen molar-refractivity contribution >= 4 is 17.6 Å². The van der Waals surface area contributed by atoms with Gasteiger partial charge in [-0.05, 0) is 70.1 Å². The molecule has 0 aromatic heterocycles. The number of nitrogens with zero attached hydrogens (tertiary/aromatic N) is 4. The summed E-state index contributed by atoms with van der Waals surface area (Å²) >= 11 is 0. The van der Waals surface area contributed by atoms with Crippen LogP contribution in [0.2, 0.25) is 0 Å². The summed E-state index contributed by atoms with van der Waals surface area (Å²) < 4.78 is 0. The number of allylic oxidation sites excluding steroid dienone is 9. The van der Waals surface area contributed by atoms with Gasteiger partial charge in [-0.25, -0.2) is 9.98 Å². The minimum atomic E-state index is -0.0799. The van der Waals surface area contributed by atoms with E-state index in [1.807, 2.05) is 19.1 Å². The van der Waals surface area contributed by atoms with E-state index in [4.69, 9.17) is 15.7 Å². The summed E-state index contributed by atoms with van der Waals surface area (Å²) in [4.78, 5) is 16.7. The SMILES string of the molecule is C=C/C=C\C(=C/C)CCCCC1=NC(N(C)CCCCCC)=NC(C2=CCC=C(NC(N)=NCC)C=C2)C=C1. The lowest BCUT2D eigenvalue weighted by molar-refractivity contribution is 0.464. The van der Waals surface area contributed by atoms with Gasteiger partial charge in [0.05, 0.1) is 6.04 Å². The largest absolute Gasteiger partial charge is 0.370 e. The Hall–Kier alpha value is -3.41. The maximum Gasteiger partial charge on any atom is 0.221 e. The molecule has 0 aromatic carbocycles. The highest BCUT2D eigenvalue weighted by Gasteiger charge is 2.17. The lowest BCUT2D eigenvalue weighted by Crippen LogP contribution is -2.30. The first-order valence-corrected chi connectivity index (χ1v) is 14.6. The van der Waals surface area contributed by atoms with Crippen LogP contribution in [0.25, 0.3) is 0 Å². The molecule has 1 unspecified atom stereocenters. The van der Waals surface area contributed by atoms with Crippen molar-refractivity contribution in [2.24, 2.45) is 20.7 Å². The van der Waals surface area contributed by atoms with E-state index in [1.54, 1.807) is 0 Å². The number of hydrogen-bond acceptors (Lipinski definition) is 4. The van der Waals surface area contributed by atoms with E-state index in [9.17, 15) is 0 Å². The van der Waals surface area contributed by atoms with E-state index >= 15 is 0 Å². The minimum Gasteiger partial charge on any atom is -0.370 e. The van der Waals surface area contributed by atoms with Crippen molar-refractivity contribution < 1.29 is 0 Å². The summed E-state index contributed by atoms with van der Waals surface area (Å²) in [6.07, 6.45) is 31.0. The van der Waals surface area contributed by atoms with Crippen LogP contribution in [0.3, 0.4) is 0 Å². The summed E-state index contributed by atoms with van der Waals surface area (Å²) in [5.74, 6) is 1.26. The highest BCUT2D eigenvalue weighted by atomic mass is 15.3. The topological polar surface area (TPSA) is 78.4 Å². The molecule has 2 rings (SSSR count). The van der Waals surface area contributed by atoms with Gasteiger partial charge in [-0.3, -0.25) is 4.99 Å². The van der Waals surface area contributed by atoms with Gasteiger partial charge in [0.2, 0.25) is 5.96 Å². The van der Waals surface area contributed by atoms with Gasteiger partial charge in [0.25, 0.3) is 0 Å². The molecule has 6 heteroatoms. The Morgan fingerprint density at radius 3 is 2.74 bits per heavy atom. The van der Waals surface area contributed by atoms with Crippen molar-refractivity contribution in [2.75, 3.05) is 20.1 Å². The molecule has 0 bridgehead atoms. The molecule has 0 saturated heterocycles. The fourth-order valence-electron chi connectivity index (χ4n) is 4.41. The van der Waals surface area contributed by atoms with E-state index in [0.717, 1.165) is 68.0 Å². The second kappa shape index (κ2) is 18.8. The highest BCUT2D eigenvalue weighted by molar-refractivity contribution is 6.04. The fraction of sp³-hybridized carbons (Fsp3) is 0.485. The Labute approximate surface area is 237 Å². The molecule has 6 nitrogen and oxygen atoms in total. The van der Waals surface area contributed by atoms with Crippen LogP contribution in [-0.2, 0) is 0 Å². The molecule has 0 aromatic rings. The molecule has 212 valence electrons. The third kappa shape index (κ3) is 12.3. The number of guanidine groups is 2. The van der Waals surface area contributed by atoms with Crippen LogP contribution < -0.4 is 11.1 Å². The molecule has 0 fully saturated rings. The number of aliphatic imine (C=N–C) groups is 3. The molecular weight excluding hydrogens is 480 g/mol. The Balaban J connectivity index is 2.14. The maximum atomic E-state index is 5.97. The molecule has 2 aliphatic rings. The van der Waals surface area contributed by atoms with Crippen LogP contribution in [-0.4, -0.2) is 48.7 Å². The van der Waals surface area contributed by atoms with Gasteiger partial charge in [-0.15, -0.1) is 0 Å². The first-order chi connectivity index (χ1) is 19.0. The molecular formula is C33H50N6. The molecule has 0 saturated carbocycles. The van der Waals surface area contributed by atoms with Crippen LogP contribution in [0.15, 0.2) is 99.2 Å². The quantitative estimate of drug-likeness (QED) is 0.102. The van der Waals surface area contributed by atoms with E-state index < -0.39 is 0 Å². The zero-order valence-electron chi connectivity index (χ0n) is 24.7. The van der Waals surface area contributed by atoms with Gasteiger partial charge in [-0.1, -0.05) is 86.9 Å². The summed E-state index contributed by atoms with van der Waals surface area (Å²) in [6.45, 7) is 11.7. The van der Waals surface area contributed by atoms with Crippen molar-refractivity contribution in [1.82, 2.24) is 10.2 Å². The zero-order chi connectivity index (χ0) is 28.3. The van der Waals surface area contributed by atoms with E-state index in [-0.39, 0.29) is 6.04 Å². The van der Waals surface area contributed by atoms with E-state index in [2.05, 4.69) is 91.3 Å². The standard InChI is InChI=1S/C33H50N6/c1-6-10-12-15-26-39(5)33-37-30(20-14-13-18-27(8-3)17-11-7-2)24-25-31(38-33)28-19-16-21-29(23-22-28)36-32(34)35-9-4/h7-8,11,17,19,21-25,31H,2,6,9-10,12-16,18,20,26H2,1,3-5H3,(H3,34,35,36)/b17-11-,27-8+. The lowest BCUT2D eigenvalue weighted by atomic mass is 10.0. The molecule has 1 aliphatic carbocycles. The normalized spacial score (nSPS) is 18.2. The second-order valence-electron chi connectivity index (χ2n) is 9.90. The Kier molecular flexibility index (Phi) is 15.3. The van der Waals surface area contributed by atoms with Crippen LogP contribution in [0.5, 0.6) is 0 Å².